The average Bonchev–Trinajstić information content (AvgIpc) is 2.52. The van der Waals surface area contributed by atoms with Crippen molar-refractivity contribution in [3.63, 3.8) is 0 Å². The fourth-order valence-corrected chi connectivity index (χ4v) is 1.96. The number of ether oxygens (including phenoxy) is 2. The zero-order chi connectivity index (χ0) is 15.1. The molecule has 0 saturated carbocycles. The molecule has 0 amide bonds. The van der Waals surface area contributed by atoms with E-state index in [4.69, 9.17) is 9.47 Å². The van der Waals surface area contributed by atoms with Gasteiger partial charge in [-0.15, -0.1) is 0 Å². The van der Waals surface area contributed by atoms with Crippen molar-refractivity contribution >= 4 is 5.69 Å². The standard InChI is InChI=1S/C17H22N2O2/c1-4-10-21-16-11-13(2)8-9-15(16)18-12-14-6-5-7-17(19-14)20-3/h5-9,11,18H,4,10,12H2,1-3H3. The zero-order valence-electron chi connectivity index (χ0n) is 12.8. The van der Waals surface area contributed by atoms with Crippen molar-refractivity contribution in [2.45, 2.75) is 26.8 Å². The van der Waals surface area contributed by atoms with E-state index in [-0.39, 0.29) is 0 Å². The minimum absolute atomic E-state index is 0.626. The third-order valence-electron chi connectivity index (χ3n) is 3.05. The van der Waals surface area contributed by atoms with Crippen LogP contribution in [0.4, 0.5) is 5.69 Å². The van der Waals surface area contributed by atoms with Crippen LogP contribution in [0.1, 0.15) is 24.6 Å². The molecule has 0 radical (unpaired) electrons. The second kappa shape index (κ2) is 7.53. The zero-order valence-corrected chi connectivity index (χ0v) is 12.8. The summed E-state index contributed by atoms with van der Waals surface area (Å²) < 4.78 is 10.9. The average molecular weight is 286 g/mol. The Morgan fingerprint density at radius 3 is 2.81 bits per heavy atom. The maximum Gasteiger partial charge on any atom is 0.213 e. The van der Waals surface area contributed by atoms with Crippen LogP contribution in [0.5, 0.6) is 11.6 Å². The van der Waals surface area contributed by atoms with Gasteiger partial charge in [-0.05, 0) is 37.1 Å². The largest absolute Gasteiger partial charge is 0.491 e. The Morgan fingerprint density at radius 2 is 2.05 bits per heavy atom. The van der Waals surface area contributed by atoms with Crippen LogP contribution < -0.4 is 14.8 Å². The molecule has 0 aliphatic heterocycles. The molecular weight excluding hydrogens is 264 g/mol. The van der Waals surface area contributed by atoms with Crippen LogP contribution in [-0.4, -0.2) is 18.7 Å². The first-order valence-electron chi connectivity index (χ1n) is 7.20. The van der Waals surface area contributed by atoms with Crippen molar-refractivity contribution in [2.75, 3.05) is 19.0 Å². The fourth-order valence-electron chi connectivity index (χ4n) is 1.96. The summed E-state index contributed by atoms with van der Waals surface area (Å²) in [5, 5.41) is 3.37. The van der Waals surface area contributed by atoms with E-state index in [0.29, 0.717) is 12.4 Å². The van der Waals surface area contributed by atoms with Crippen molar-refractivity contribution in [3.8, 4) is 11.6 Å². The van der Waals surface area contributed by atoms with E-state index >= 15 is 0 Å². The number of aromatic nitrogens is 1. The Bertz CT molecular complexity index is 585. The topological polar surface area (TPSA) is 43.4 Å². The van der Waals surface area contributed by atoms with Gasteiger partial charge in [0.05, 0.1) is 31.6 Å². The molecule has 1 heterocycles. The quantitative estimate of drug-likeness (QED) is 0.840. The minimum Gasteiger partial charge on any atom is -0.491 e. The highest BCUT2D eigenvalue weighted by atomic mass is 16.5. The van der Waals surface area contributed by atoms with Crippen molar-refractivity contribution in [3.05, 3.63) is 47.7 Å². The van der Waals surface area contributed by atoms with Crippen LogP contribution in [-0.2, 0) is 6.54 Å². The molecule has 0 aliphatic carbocycles. The van der Waals surface area contributed by atoms with Crippen LogP contribution in [0.25, 0.3) is 0 Å². The normalized spacial score (nSPS) is 10.2. The molecule has 2 rings (SSSR count). The summed E-state index contributed by atoms with van der Waals surface area (Å²) in [5.74, 6) is 1.51. The van der Waals surface area contributed by atoms with E-state index in [1.807, 2.05) is 24.3 Å². The SMILES string of the molecule is CCCOc1cc(C)ccc1NCc1cccc(OC)n1. The van der Waals surface area contributed by atoms with Crippen LogP contribution in [0.15, 0.2) is 36.4 Å². The molecule has 112 valence electrons. The highest BCUT2D eigenvalue weighted by Crippen LogP contribution is 2.26. The van der Waals surface area contributed by atoms with Gasteiger partial charge in [0.25, 0.3) is 0 Å². The summed E-state index contributed by atoms with van der Waals surface area (Å²) in [6.45, 7) is 5.51. The molecule has 0 atom stereocenters. The van der Waals surface area contributed by atoms with Crippen LogP contribution in [0, 0.1) is 6.92 Å². The van der Waals surface area contributed by atoms with Crippen LogP contribution in [0.2, 0.25) is 0 Å². The van der Waals surface area contributed by atoms with E-state index in [9.17, 15) is 0 Å². The molecule has 4 nitrogen and oxygen atoms in total. The predicted octanol–water partition coefficient (Wildman–Crippen LogP) is 3.80. The first kappa shape index (κ1) is 15.2. The number of benzene rings is 1. The van der Waals surface area contributed by atoms with Gasteiger partial charge in [0.15, 0.2) is 0 Å². The predicted molar refractivity (Wildman–Crippen MR) is 85.1 cm³/mol. The molecule has 1 aromatic heterocycles. The molecule has 0 bridgehead atoms. The highest BCUT2D eigenvalue weighted by molar-refractivity contribution is 5.57. The van der Waals surface area contributed by atoms with Gasteiger partial charge in [0, 0.05) is 6.07 Å². The number of methoxy groups -OCH3 is 1. The van der Waals surface area contributed by atoms with Gasteiger partial charge in [-0.1, -0.05) is 19.1 Å². The molecule has 2 aromatic rings. The van der Waals surface area contributed by atoms with Crippen molar-refractivity contribution in [1.82, 2.24) is 4.98 Å². The molecule has 0 saturated heterocycles. The molecule has 0 unspecified atom stereocenters. The molecule has 0 aliphatic rings. The minimum atomic E-state index is 0.626. The summed E-state index contributed by atoms with van der Waals surface area (Å²) in [6, 6.07) is 11.9. The van der Waals surface area contributed by atoms with E-state index in [2.05, 4.69) is 36.3 Å². The van der Waals surface area contributed by atoms with E-state index in [1.54, 1.807) is 7.11 Å². The maximum atomic E-state index is 5.79. The molecule has 0 spiro atoms. The van der Waals surface area contributed by atoms with E-state index in [0.717, 1.165) is 30.2 Å². The second-order valence-corrected chi connectivity index (χ2v) is 4.87. The maximum absolute atomic E-state index is 5.79. The molecule has 1 aromatic carbocycles. The van der Waals surface area contributed by atoms with Crippen LogP contribution >= 0.6 is 0 Å². The summed E-state index contributed by atoms with van der Waals surface area (Å²) in [6.07, 6.45) is 0.991. The number of nitrogens with one attached hydrogen (secondary N) is 1. The van der Waals surface area contributed by atoms with E-state index in [1.165, 1.54) is 5.56 Å². The number of hydrogen-bond acceptors (Lipinski definition) is 4. The Morgan fingerprint density at radius 1 is 1.19 bits per heavy atom. The molecule has 4 heteroatoms. The second-order valence-electron chi connectivity index (χ2n) is 4.87. The van der Waals surface area contributed by atoms with Gasteiger partial charge in [-0.2, -0.15) is 0 Å². The van der Waals surface area contributed by atoms with Gasteiger partial charge >= 0.3 is 0 Å². The van der Waals surface area contributed by atoms with Gasteiger partial charge in [-0.3, -0.25) is 0 Å². The molecule has 0 fully saturated rings. The molecule has 1 N–H and O–H groups in total. The fraction of sp³-hybridized carbons (Fsp3) is 0.353. The number of aryl methyl sites for hydroxylation is 1. The molecule has 21 heavy (non-hydrogen) atoms. The van der Waals surface area contributed by atoms with Gasteiger partial charge < -0.3 is 14.8 Å². The number of pyridine rings is 1. The van der Waals surface area contributed by atoms with Crippen molar-refractivity contribution in [1.29, 1.82) is 0 Å². The first-order chi connectivity index (χ1) is 10.2. The Labute approximate surface area is 126 Å². The Hall–Kier alpha value is -2.23. The Kier molecular flexibility index (Phi) is 5.43. The Balaban J connectivity index is 2.07. The first-order valence-corrected chi connectivity index (χ1v) is 7.20. The van der Waals surface area contributed by atoms with E-state index < -0.39 is 0 Å². The third-order valence-corrected chi connectivity index (χ3v) is 3.05. The summed E-state index contributed by atoms with van der Waals surface area (Å²) >= 11 is 0. The van der Waals surface area contributed by atoms with Gasteiger partial charge in [0.1, 0.15) is 5.75 Å². The summed E-state index contributed by atoms with van der Waals surface area (Å²) in [5.41, 5.74) is 3.10. The smallest absolute Gasteiger partial charge is 0.213 e. The van der Waals surface area contributed by atoms with Crippen molar-refractivity contribution in [2.24, 2.45) is 0 Å². The number of anilines is 1. The number of rotatable bonds is 7. The lowest BCUT2D eigenvalue weighted by Gasteiger charge is -2.13. The lowest BCUT2D eigenvalue weighted by atomic mass is 10.2. The lowest BCUT2D eigenvalue weighted by molar-refractivity contribution is 0.318. The van der Waals surface area contributed by atoms with Gasteiger partial charge in [0.2, 0.25) is 5.88 Å². The summed E-state index contributed by atoms with van der Waals surface area (Å²) in [7, 11) is 1.62. The number of hydrogen-bond donors (Lipinski definition) is 1. The monoisotopic (exact) mass is 286 g/mol. The number of nitrogens with zero attached hydrogens (tertiary/aromatic N) is 1. The highest BCUT2D eigenvalue weighted by Gasteiger charge is 2.05. The van der Waals surface area contributed by atoms with Crippen molar-refractivity contribution < 1.29 is 9.47 Å². The molecular formula is C17H22N2O2. The lowest BCUT2D eigenvalue weighted by Crippen LogP contribution is -2.05. The van der Waals surface area contributed by atoms with Crippen LogP contribution in [0.3, 0.4) is 0 Å². The van der Waals surface area contributed by atoms with Gasteiger partial charge in [-0.25, -0.2) is 4.98 Å². The summed E-state index contributed by atoms with van der Waals surface area (Å²) in [4.78, 5) is 4.39. The third kappa shape index (κ3) is 4.38.